The fraction of sp³-hybridized carbons (Fsp3) is 0.0385. The van der Waals surface area contributed by atoms with Crippen molar-refractivity contribution >= 4 is 29.3 Å². The van der Waals surface area contributed by atoms with E-state index in [-0.39, 0.29) is 22.5 Å². The van der Waals surface area contributed by atoms with E-state index in [1.807, 2.05) is 36.6 Å². The van der Waals surface area contributed by atoms with Crippen LogP contribution in [0.25, 0.3) is 34.5 Å². The van der Waals surface area contributed by atoms with Crippen molar-refractivity contribution in [3.8, 4) is 28.5 Å². The van der Waals surface area contributed by atoms with Crippen LogP contribution in [0.4, 0.5) is 4.39 Å². The molecule has 0 fully saturated rings. The molecule has 0 amide bonds. The summed E-state index contributed by atoms with van der Waals surface area (Å²) in [6.45, 7) is 2.01. The number of rotatable bonds is 3. The zero-order valence-corrected chi connectivity index (χ0v) is 17.3. The van der Waals surface area contributed by atoms with E-state index in [4.69, 9.17) is 4.98 Å². The molecule has 31 heavy (non-hydrogen) atoms. The summed E-state index contributed by atoms with van der Waals surface area (Å²) < 4.78 is 14.9. The highest BCUT2D eigenvalue weighted by Gasteiger charge is 2.34. The third-order valence-electron chi connectivity index (χ3n) is 5.43. The third kappa shape index (κ3) is 3.00. The first kappa shape index (κ1) is 19.1. The first-order valence-corrected chi connectivity index (χ1v) is 10.6. The standard InChI is InChI=1S/C26H15FN2OS/c1-15-12-13-31-22(15)11-10-21-19(14-28)23(18-8-4-5-9-20(18)27)24-25(29-21)16-6-2-3-7-17(16)26(24)30/h2-13H,1H3. The number of fused-ring (bicyclic) bond motifs is 3. The molecule has 148 valence electrons. The number of nitriles is 1. The lowest BCUT2D eigenvalue weighted by molar-refractivity contribution is 0.104. The Kier molecular flexibility index (Phi) is 4.58. The summed E-state index contributed by atoms with van der Waals surface area (Å²) in [5.41, 5.74) is 4.24. The summed E-state index contributed by atoms with van der Waals surface area (Å²) in [6, 6.07) is 17.6. The van der Waals surface area contributed by atoms with Crippen LogP contribution < -0.4 is 0 Å². The van der Waals surface area contributed by atoms with Crippen molar-refractivity contribution in [3.63, 3.8) is 0 Å². The van der Waals surface area contributed by atoms with Gasteiger partial charge in [-0.1, -0.05) is 42.5 Å². The van der Waals surface area contributed by atoms with Crippen LogP contribution in [0.3, 0.4) is 0 Å². The lowest BCUT2D eigenvalue weighted by Crippen LogP contribution is -2.05. The number of benzene rings is 2. The maximum atomic E-state index is 14.9. The van der Waals surface area contributed by atoms with Crippen molar-refractivity contribution in [1.29, 1.82) is 5.26 Å². The minimum atomic E-state index is -0.486. The lowest BCUT2D eigenvalue weighted by atomic mass is 9.91. The van der Waals surface area contributed by atoms with Crippen LogP contribution in [0, 0.1) is 24.1 Å². The molecule has 2 aromatic heterocycles. The lowest BCUT2D eigenvalue weighted by Gasteiger charge is -2.13. The van der Waals surface area contributed by atoms with Crippen LogP contribution in [0.2, 0.25) is 0 Å². The number of nitrogens with zero attached hydrogens (tertiary/aromatic N) is 2. The number of aryl methyl sites for hydroxylation is 1. The van der Waals surface area contributed by atoms with Gasteiger partial charge in [0, 0.05) is 27.1 Å². The molecule has 0 bridgehead atoms. The van der Waals surface area contributed by atoms with Gasteiger partial charge in [0.05, 0.1) is 22.5 Å². The van der Waals surface area contributed by atoms with Crippen LogP contribution in [0.5, 0.6) is 0 Å². The quantitative estimate of drug-likeness (QED) is 0.333. The molecule has 5 rings (SSSR count). The molecular formula is C26H15FN2OS. The number of hydrogen-bond donors (Lipinski definition) is 0. The van der Waals surface area contributed by atoms with Gasteiger partial charge in [-0.2, -0.15) is 5.26 Å². The van der Waals surface area contributed by atoms with Crippen molar-refractivity contribution < 1.29 is 9.18 Å². The first-order valence-electron chi connectivity index (χ1n) is 9.69. The second-order valence-corrected chi connectivity index (χ2v) is 8.19. The topological polar surface area (TPSA) is 53.8 Å². The summed E-state index contributed by atoms with van der Waals surface area (Å²) in [4.78, 5) is 19.0. The van der Waals surface area contributed by atoms with E-state index in [1.165, 1.54) is 6.07 Å². The van der Waals surface area contributed by atoms with E-state index in [9.17, 15) is 14.4 Å². The minimum Gasteiger partial charge on any atom is -0.288 e. The van der Waals surface area contributed by atoms with Crippen molar-refractivity contribution in [1.82, 2.24) is 4.98 Å². The van der Waals surface area contributed by atoms with E-state index in [1.54, 1.807) is 47.7 Å². The Morgan fingerprint density at radius 1 is 0.968 bits per heavy atom. The molecule has 2 aromatic carbocycles. The SMILES string of the molecule is Cc1ccsc1C=Cc1nc2c(c(-c3ccccc3F)c1C#N)C(=O)c1ccccc1-2. The Hall–Kier alpha value is -3.88. The molecular weight excluding hydrogens is 407 g/mol. The molecule has 0 unspecified atom stereocenters. The van der Waals surface area contributed by atoms with Crippen molar-refractivity contribution in [2.24, 2.45) is 0 Å². The number of aromatic nitrogens is 1. The van der Waals surface area contributed by atoms with Gasteiger partial charge in [-0.25, -0.2) is 9.37 Å². The van der Waals surface area contributed by atoms with Crippen LogP contribution in [0.15, 0.2) is 60.0 Å². The summed E-state index contributed by atoms with van der Waals surface area (Å²) in [7, 11) is 0. The molecule has 0 N–H and O–H groups in total. The van der Waals surface area contributed by atoms with Gasteiger partial charge in [0.2, 0.25) is 0 Å². The van der Waals surface area contributed by atoms with E-state index >= 15 is 0 Å². The van der Waals surface area contributed by atoms with Crippen LogP contribution in [0.1, 0.15) is 37.6 Å². The Morgan fingerprint density at radius 3 is 2.35 bits per heavy atom. The summed E-state index contributed by atoms with van der Waals surface area (Å²) in [5.74, 6) is -0.724. The number of thiophene rings is 1. The van der Waals surface area contributed by atoms with Crippen LogP contribution in [-0.4, -0.2) is 10.8 Å². The third-order valence-corrected chi connectivity index (χ3v) is 6.41. The average Bonchev–Trinajstić information content (AvgIpc) is 3.32. The second kappa shape index (κ2) is 7.42. The first-order chi connectivity index (χ1) is 15.1. The Balaban J connectivity index is 1.85. The van der Waals surface area contributed by atoms with Gasteiger partial charge in [-0.15, -0.1) is 11.3 Å². The van der Waals surface area contributed by atoms with Gasteiger partial charge in [0.25, 0.3) is 0 Å². The van der Waals surface area contributed by atoms with E-state index in [0.717, 1.165) is 10.4 Å². The van der Waals surface area contributed by atoms with E-state index in [2.05, 4.69) is 6.07 Å². The highest BCUT2D eigenvalue weighted by Crippen LogP contribution is 2.43. The Morgan fingerprint density at radius 2 is 1.68 bits per heavy atom. The number of ketones is 1. The van der Waals surface area contributed by atoms with Gasteiger partial charge in [-0.3, -0.25) is 4.79 Å². The zero-order valence-electron chi connectivity index (χ0n) is 16.5. The van der Waals surface area contributed by atoms with Crippen LogP contribution >= 0.6 is 11.3 Å². The summed E-state index contributed by atoms with van der Waals surface area (Å²) in [5, 5.41) is 12.0. The molecule has 0 saturated carbocycles. The van der Waals surface area contributed by atoms with Gasteiger partial charge in [0.1, 0.15) is 11.9 Å². The molecule has 0 radical (unpaired) electrons. The monoisotopic (exact) mass is 422 g/mol. The molecule has 1 aliphatic carbocycles. The van der Waals surface area contributed by atoms with Gasteiger partial charge in [0.15, 0.2) is 5.78 Å². The van der Waals surface area contributed by atoms with Crippen LogP contribution in [-0.2, 0) is 0 Å². The van der Waals surface area contributed by atoms with E-state index < -0.39 is 5.82 Å². The normalized spacial score (nSPS) is 12.1. The highest BCUT2D eigenvalue weighted by molar-refractivity contribution is 7.11. The maximum Gasteiger partial charge on any atom is 0.196 e. The Bertz CT molecular complexity index is 1440. The molecule has 0 atom stereocenters. The summed E-state index contributed by atoms with van der Waals surface area (Å²) in [6.07, 6.45) is 3.68. The van der Waals surface area contributed by atoms with E-state index in [0.29, 0.717) is 28.1 Å². The zero-order chi connectivity index (χ0) is 21.5. The van der Waals surface area contributed by atoms with Crippen molar-refractivity contribution in [2.45, 2.75) is 6.92 Å². The smallest absolute Gasteiger partial charge is 0.196 e. The number of hydrogen-bond acceptors (Lipinski definition) is 4. The van der Waals surface area contributed by atoms with Gasteiger partial charge >= 0.3 is 0 Å². The Labute approximate surface area is 182 Å². The maximum absolute atomic E-state index is 14.9. The number of pyridine rings is 1. The molecule has 3 nitrogen and oxygen atoms in total. The fourth-order valence-electron chi connectivity index (χ4n) is 3.92. The molecule has 4 aromatic rings. The van der Waals surface area contributed by atoms with Crippen molar-refractivity contribution in [2.75, 3.05) is 0 Å². The molecule has 2 heterocycles. The van der Waals surface area contributed by atoms with Crippen molar-refractivity contribution in [3.05, 3.63) is 98.6 Å². The van der Waals surface area contributed by atoms with Gasteiger partial charge < -0.3 is 0 Å². The largest absolute Gasteiger partial charge is 0.288 e. The predicted octanol–water partition coefficient (Wildman–Crippen LogP) is 6.51. The second-order valence-electron chi connectivity index (χ2n) is 7.24. The fourth-order valence-corrected chi connectivity index (χ4v) is 4.74. The molecule has 5 heteroatoms. The summed E-state index contributed by atoms with van der Waals surface area (Å²) >= 11 is 1.59. The molecule has 0 spiro atoms. The minimum absolute atomic E-state index is 0.190. The number of carbonyl (C=O) groups excluding carboxylic acids is 1. The number of halogens is 1. The predicted molar refractivity (Wildman–Crippen MR) is 121 cm³/mol. The highest BCUT2D eigenvalue weighted by atomic mass is 32.1. The van der Waals surface area contributed by atoms with Gasteiger partial charge in [-0.05, 0) is 42.2 Å². The molecule has 0 saturated heterocycles. The number of carbonyl (C=O) groups is 1. The average molecular weight is 422 g/mol. The molecule has 1 aliphatic rings. The molecule has 0 aliphatic heterocycles.